The molecule has 0 aromatic heterocycles. The van der Waals surface area contributed by atoms with Crippen LogP contribution in [0.25, 0.3) is 0 Å². The molecule has 0 radical (unpaired) electrons. The molecule has 0 spiro atoms. The summed E-state index contributed by atoms with van der Waals surface area (Å²) in [6, 6.07) is 14.2. The maximum Gasteiger partial charge on any atom is 0.338 e. The number of carbonyl (C=O) groups excluding carboxylic acids is 1. The molecule has 0 bridgehead atoms. The Bertz CT molecular complexity index is 535. The van der Waals surface area contributed by atoms with E-state index < -0.39 is 0 Å². The van der Waals surface area contributed by atoms with Gasteiger partial charge < -0.3 is 4.74 Å². The zero-order valence-electron chi connectivity index (χ0n) is 9.40. The van der Waals surface area contributed by atoms with E-state index in [0.29, 0.717) is 10.6 Å². The van der Waals surface area contributed by atoms with Crippen molar-refractivity contribution in [2.75, 3.05) is 0 Å². The number of halogens is 2. The Morgan fingerprint density at radius 3 is 2.28 bits per heavy atom. The summed E-state index contributed by atoms with van der Waals surface area (Å²) in [6.45, 7) is 0.259. The summed E-state index contributed by atoms with van der Waals surface area (Å²) in [7, 11) is 0. The molecule has 0 saturated heterocycles. The average molecular weight is 326 g/mol. The van der Waals surface area contributed by atoms with Crippen molar-refractivity contribution in [1.29, 1.82) is 0 Å². The van der Waals surface area contributed by atoms with E-state index in [2.05, 4.69) is 15.9 Å². The van der Waals surface area contributed by atoms with Gasteiger partial charge in [-0.15, -0.1) is 0 Å². The topological polar surface area (TPSA) is 26.3 Å². The first-order valence-corrected chi connectivity index (χ1v) is 6.49. The van der Waals surface area contributed by atoms with Crippen LogP contribution in [0.15, 0.2) is 53.0 Å². The smallest absolute Gasteiger partial charge is 0.338 e. The third kappa shape index (κ3) is 3.59. The molecule has 2 rings (SSSR count). The number of rotatable bonds is 3. The van der Waals surface area contributed by atoms with E-state index in [4.69, 9.17) is 16.3 Å². The number of benzene rings is 2. The summed E-state index contributed by atoms with van der Waals surface area (Å²) in [4.78, 5) is 11.7. The predicted octanol–water partition coefficient (Wildman–Crippen LogP) is 4.46. The first-order chi connectivity index (χ1) is 8.65. The van der Waals surface area contributed by atoms with Gasteiger partial charge in [0.15, 0.2) is 0 Å². The van der Waals surface area contributed by atoms with E-state index in [0.717, 1.165) is 10.0 Å². The third-order valence-electron chi connectivity index (χ3n) is 2.36. The molecule has 4 heteroatoms. The van der Waals surface area contributed by atoms with Gasteiger partial charge in [0, 0.05) is 9.50 Å². The van der Waals surface area contributed by atoms with Crippen molar-refractivity contribution in [2.24, 2.45) is 0 Å². The molecule has 0 aliphatic carbocycles. The zero-order chi connectivity index (χ0) is 13.0. The normalized spacial score (nSPS) is 10.1. The SMILES string of the molecule is O=C(OCc1ccc(Br)cc1)c1ccc(Cl)cc1. The van der Waals surface area contributed by atoms with Crippen LogP contribution in [0, 0.1) is 0 Å². The summed E-state index contributed by atoms with van der Waals surface area (Å²) >= 11 is 9.10. The van der Waals surface area contributed by atoms with Crippen molar-refractivity contribution in [3.05, 3.63) is 69.2 Å². The van der Waals surface area contributed by atoms with Gasteiger partial charge >= 0.3 is 5.97 Å². The highest BCUT2D eigenvalue weighted by molar-refractivity contribution is 9.10. The molecular formula is C14H10BrClO2. The lowest BCUT2D eigenvalue weighted by molar-refractivity contribution is 0.0472. The van der Waals surface area contributed by atoms with Crippen molar-refractivity contribution in [3.63, 3.8) is 0 Å². The van der Waals surface area contributed by atoms with E-state index in [9.17, 15) is 4.79 Å². The summed E-state index contributed by atoms with van der Waals surface area (Å²) in [6.07, 6.45) is 0. The van der Waals surface area contributed by atoms with Crippen LogP contribution in [0.3, 0.4) is 0 Å². The molecule has 0 aliphatic heterocycles. The molecule has 2 aromatic carbocycles. The van der Waals surface area contributed by atoms with Crippen LogP contribution in [0.5, 0.6) is 0 Å². The molecule has 0 atom stereocenters. The van der Waals surface area contributed by atoms with Crippen molar-refractivity contribution >= 4 is 33.5 Å². The van der Waals surface area contributed by atoms with Gasteiger partial charge in [0.25, 0.3) is 0 Å². The Kier molecular flexibility index (Phi) is 4.39. The monoisotopic (exact) mass is 324 g/mol. The van der Waals surface area contributed by atoms with E-state index in [1.54, 1.807) is 24.3 Å². The van der Waals surface area contributed by atoms with Crippen LogP contribution in [0.4, 0.5) is 0 Å². The van der Waals surface area contributed by atoms with Crippen LogP contribution >= 0.6 is 27.5 Å². The fraction of sp³-hybridized carbons (Fsp3) is 0.0714. The van der Waals surface area contributed by atoms with Gasteiger partial charge in [0.1, 0.15) is 6.61 Å². The number of esters is 1. The second-order valence-corrected chi connectivity index (χ2v) is 5.06. The first kappa shape index (κ1) is 13.1. The van der Waals surface area contributed by atoms with Crippen molar-refractivity contribution in [3.8, 4) is 0 Å². The van der Waals surface area contributed by atoms with E-state index >= 15 is 0 Å². The molecule has 0 heterocycles. The van der Waals surface area contributed by atoms with Crippen molar-refractivity contribution < 1.29 is 9.53 Å². The van der Waals surface area contributed by atoms with Crippen LogP contribution in [0.2, 0.25) is 5.02 Å². The number of ether oxygens (including phenoxy) is 1. The molecule has 0 amide bonds. The molecule has 2 nitrogen and oxygen atoms in total. The number of hydrogen-bond donors (Lipinski definition) is 0. The van der Waals surface area contributed by atoms with Gasteiger partial charge in [-0.1, -0.05) is 39.7 Å². The highest BCUT2D eigenvalue weighted by Crippen LogP contribution is 2.13. The molecule has 2 aromatic rings. The molecule has 0 fully saturated rings. The summed E-state index contributed by atoms with van der Waals surface area (Å²) in [5.41, 5.74) is 1.44. The quantitative estimate of drug-likeness (QED) is 0.779. The second-order valence-electron chi connectivity index (χ2n) is 3.71. The maximum absolute atomic E-state index is 11.7. The summed E-state index contributed by atoms with van der Waals surface area (Å²) < 4.78 is 6.19. The van der Waals surface area contributed by atoms with Crippen LogP contribution in [-0.4, -0.2) is 5.97 Å². The fourth-order valence-corrected chi connectivity index (χ4v) is 1.79. The van der Waals surface area contributed by atoms with Gasteiger partial charge in [0.05, 0.1) is 5.56 Å². The molecular weight excluding hydrogens is 316 g/mol. The molecule has 0 aliphatic rings. The van der Waals surface area contributed by atoms with Gasteiger partial charge in [-0.2, -0.15) is 0 Å². The Morgan fingerprint density at radius 2 is 1.67 bits per heavy atom. The zero-order valence-corrected chi connectivity index (χ0v) is 11.7. The van der Waals surface area contributed by atoms with Gasteiger partial charge in [-0.05, 0) is 42.0 Å². The minimum absolute atomic E-state index is 0.259. The number of carbonyl (C=O) groups is 1. The van der Waals surface area contributed by atoms with E-state index in [1.807, 2.05) is 24.3 Å². The minimum atomic E-state index is -0.352. The average Bonchev–Trinajstić information content (AvgIpc) is 2.38. The van der Waals surface area contributed by atoms with Crippen LogP contribution in [-0.2, 0) is 11.3 Å². The minimum Gasteiger partial charge on any atom is -0.457 e. The van der Waals surface area contributed by atoms with E-state index in [1.165, 1.54) is 0 Å². The maximum atomic E-state index is 11.7. The Labute approximate surface area is 119 Å². The van der Waals surface area contributed by atoms with Crippen LogP contribution in [0.1, 0.15) is 15.9 Å². The summed E-state index contributed by atoms with van der Waals surface area (Å²) in [5.74, 6) is -0.352. The molecule has 0 N–H and O–H groups in total. The fourth-order valence-electron chi connectivity index (χ4n) is 1.40. The van der Waals surface area contributed by atoms with Gasteiger partial charge in [0.2, 0.25) is 0 Å². The Morgan fingerprint density at radius 1 is 1.06 bits per heavy atom. The first-order valence-electron chi connectivity index (χ1n) is 5.32. The molecule has 18 heavy (non-hydrogen) atoms. The third-order valence-corrected chi connectivity index (χ3v) is 3.14. The summed E-state index contributed by atoms with van der Waals surface area (Å²) in [5, 5.41) is 0.597. The lowest BCUT2D eigenvalue weighted by atomic mass is 10.2. The molecule has 0 unspecified atom stereocenters. The Balaban J connectivity index is 1.96. The van der Waals surface area contributed by atoms with Gasteiger partial charge in [-0.3, -0.25) is 0 Å². The Hall–Kier alpha value is -1.32. The lowest BCUT2D eigenvalue weighted by Crippen LogP contribution is -2.04. The highest BCUT2D eigenvalue weighted by atomic mass is 79.9. The standard InChI is InChI=1S/C14H10BrClO2/c15-12-5-1-10(2-6-12)9-18-14(17)11-3-7-13(16)8-4-11/h1-8H,9H2. The number of hydrogen-bond acceptors (Lipinski definition) is 2. The van der Waals surface area contributed by atoms with E-state index in [-0.39, 0.29) is 12.6 Å². The second kappa shape index (κ2) is 6.03. The van der Waals surface area contributed by atoms with Gasteiger partial charge in [-0.25, -0.2) is 4.79 Å². The largest absolute Gasteiger partial charge is 0.457 e. The predicted molar refractivity (Wildman–Crippen MR) is 74.7 cm³/mol. The van der Waals surface area contributed by atoms with Crippen molar-refractivity contribution in [1.82, 2.24) is 0 Å². The molecule has 92 valence electrons. The highest BCUT2D eigenvalue weighted by Gasteiger charge is 2.06. The molecule has 0 saturated carbocycles. The van der Waals surface area contributed by atoms with Crippen LogP contribution < -0.4 is 0 Å². The van der Waals surface area contributed by atoms with Crippen molar-refractivity contribution in [2.45, 2.75) is 6.61 Å². The lowest BCUT2D eigenvalue weighted by Gasteiger charge is -2.05.